The van der Waals surface area contributed by atoms with Crippen LogP contribution >= 0.6 is 11.3 Å². The van der Waals surface area contributed by atoms with Crippen LogP contribution in [0, 0.1) is 5.92 Å². The van der Waals surface area contributed by atoms with Crippen molar-refractivity contribution in [2.75, 3.05) is 11.9 Å². The fourth-order valence-electron chi connectivity index (χ4n) is 4.66. The minimum atomic E-state index is -1.27. The number of nitrogens with zero attached hydrogens (tertiary/aromatic N) is 1. The maximum absolute atomic E-state index is 12.5. The van der Waals surface area contributed by atoms with E-state index >= 15 is 0 Å². The molecule has 9 heteroatoms. The normalized spacial score (nSPS) is 16.0. The van der Waals surface area contributed by atoms with Gasteiger partial charge in [0.1, 0.15) is 12.1 Å². The second kappa shape index (κ2) is 9.14. The van der Waals surface area contributed by atoms with E-state index in [1.54, 1.807) is 5.38 Å². The number of anilines is 1. The van der Waals surface area contributed by atoms with Gasteiger partial charge in [0, 0.05) is 11.3 Å². The summed E-state index contributed by atoms with van der Waals surface area (Å²) in [6, 6.07) is 16.2. The summed E-state index contributed by atoms with van der Waals surface area (Å²) in [4.78, 5) is 40.8. The first kappa shape index (κ1) is 23.0. The molecular formula is C26H25N3O5S. The van der Waals surface area contributed by atoms with Crippen molar-refractivity contribution in [2.45, 2.75) is 37.6 Å². The number of carbonyl (C=O) groups is 3. The van der Waals surface area contributed by atoms with E-state index < -0.39 is 23.5 Å². The average Bonchev–Trinajstić information content (AvgIpc) is 3.54. The molecule has 0 saturated heterocycles. The summed E-state index contributed by atoms with van der Waals surface area (Å²) in [5, 5.41) is 16.7. The number of amides is 2. The van der Waals surface area contributed by atoms with Crippen molar-refractivity contribution < 1.29 is 24.2 Å². The summed E-state index contributed by atoms with van der Waals surface area (Å²) in [5.41, 5.74) is 3.74. The highest BCUT2D eigenvalue weighted by atomic mass is 32.1. The predicted molar refractivity (Wildman–Crippen MR) is 131 cm³/mol. The molecule has 5 rings (SSSR count). The zero-order valence-corrected chi connectivity index (χ0v) is 19.9. The van der Waals surface area contributed by atoms with E-state index in [2.05, 4.69) is 39.9 Å². The Morgan fingerprint density at radius 2 is 1.71 bits per heavy atom. The maximum atomic E-state index is 12.5. The molecule has 0 bridgehead atoms. The van der Waals surface area contributed by atoms with Gasteiger partial charge >= 0.3 is 12.1 Å². The minimum Gasteiger partial charge on any atom is -0.480 e. The molecule has 3 N–H and O–H groups in total. The number of hydrogen-bond acceptors (Lipinski definition) is 6. The number of carbonyl (C=O) groups excluding carboxylic acids is 2. The van der Waals surface area contributed by atoms with Crippen molar-refractivity contribution in [1.29, 1.82) is 0 Å². The summed E-state index contributed by atoms with van der Waals surface area (Å²) in [6.45, 7) is 1.73. The number of benzene rings is 2. The highest BCUT2D eigenvalue weighted by molar-refractivity contribution is 7.13. The van der Waals surface area contributed by atoms with E-state index in [-0.39, 0.29) is 24.9 Å². The Kier molecular flexibility index (Phi) is 6.02. The van der Waals surface area contributed by atoms with Gasteiger partial charge in [-0.3, -0.25) is 10.1 Å². The minimum absolute atomic E-state index is 0.0429. The van der Waals surface area contributed by atoms with Crippen LogP contribution in [0.5, 0.6) is 0 Å². The molecule has 1 aromatic heterocycles. The van der Waals surface area contributed by atoms with Crippen molar-refractivity contribution >= 4 is 34.4 Å². The molecule has 0 spiro atoms. The quantitative estimate of drug-likeness (QED) is 0.430. The fourth-order valence-corrected chi connectivity index (χ4v) is 5.35. The number of ether oxygens (including phenoxy) is 1. The molecule has 1 fully saturated rings. The largest absolute Gasteiger partial charge is 0.480 e. The summed E-state index contributed by atoms with van der Waals surface area (Å²) in [6.07, 6.45) is 0.880. The van der Waals surface area contributed by atoms with Gasteiger partial charge in [-0.15, -0.1) is 11.3 Å². The van der Waals surface area contributed by atoms with E-state index in [1.807, 2.05) is 24.3 Å². The van der Waals surface area contributed by atoms with E-state index in [1.165, 1.54) is 18.3 Å². The topological polar surface area (TPSA) is 118 Å². The first-order valence-corrected chi connectivity index (χ1v) is 12.3. The van der Waals surface area contributed by atoms with E-state index in [9.17, 15) is 19.5 Å². The number of fused-ring (bicyclic) bond motifs is 3. The van der Waals surface area contributed by atoms with Gasteiger partial charge in [0.25, 0.3) is 0 Å². The van der Waals surface area contributed by atoms with Crippen LogP contribution in [0.2, 0.25) is 0 Å². The van der Waals surface area contributed by atoms with Gasteiger partial charge < -0.3 is 15.2 Å². The average molecular weight is 492 g/mol. The highest BCUT2D eigenvalue weighted by Crippen LogP contribution is 2.44. The molecule has 1 saturated carbocycles. The third-order valence-corrected chi connectivity index (χ3v) is 7.49. The number of hydrogen-bond donors (Lipinski definition) is 3. The van der Waals surface area contributed by atoms with Crippen LogP contribution in [0.3, 0.4) is 0 Å². The smallest absolute Gasteiger partial charge is 0.413 e. The lowest BCUT2D eigenvalue weighted by atomic mass is 9.95. The Morgan fingerprint density at radius 3 is 2.31 bits per heavy atom. The maximum Gasteiger partial charge on any atom is 0.413 e. The Morgan fingerprint density at radius 1 is 1.09 bits per heavy atom. The number of carboxylic acids is 1. The number of rotatable bonds is 8. The molecule has 35 heavy (non-hydrogen) atoms. The van der Waals surface area contributed by atoms with Crippen LogP contribution < -0.4 is 10.6 Å². The first-order valence-electron chi connectivity index (χ1n) is 11.5. The molecule has 3 aromatic rings. The molecule has 2 aliphatic rings. The number of thiazole rings is 1. The van der Waals surface area contributed by atoms with Crippen LogP contribution in [0.15, 0.2) is 53.9 Å². The van der Waals surface area contributed by atoms with Crippen molar-refractivity contribution in [2.24, 2.45) is 5.92 Å². The van der Waals surface area contributed by atoms with Crippen LogP contribution in [0.1, 0.15) is 42.5 Å². The third kappa shape index (κ3) is 4.64. The number of aliphatic carboxylic acids is 1. The van der Waals surface area contributed by atoms with Crippen molar-refractivity contribution in [3.63, 3.8) is 0 Å². The SMILES string of the molecule is CC(NC(=O)Cc1csc(NC(=O)OCC2c3ccccc3-c3ccccc32)n1)(C(=O)O)C1CC1. The lowest BCUT2D eigenvalue weighted by molar-refractivity contribution is -0.147. The van der Waals surface area contributed by atoms with Gasteiger partial charge in [0.2, 0.25) is 5.91 Å². The van der Waals surface area contributed by atoms with E-state index in [4.69, 9.17) is 4.74 Å². The van der Waals surface area contributed by atoms with Gasteiger partial charge in [-0.05, 0) is 47.9 Å². The molecule has 2 aliphatic carbocycles. The van der Waals surface area contributed by atoms with Crippen molar-refractivity contribution in [1.82, 2.24) is 10.3 Å². The Labute approximate surface area is 206 Å². The predicted octanol–water partition coefficient (Wildman–Crippen LogP) is 4.42. The fraction of sp³-hybridized carbons (Fsp3) is 0.308. The van der Waals surface area contributed by atoms with Gasteiger partial charge in [-0.1, -0.05) is 48.5 Å². The molecule has 2 amide bonds. The van der Waals surface area contributed by atoms with Crippen LogP contribution in [0.4, 0.5) is 9.93 Å². The molecule has 8 nitrogen and oxygen atoms in total. The summed E-state index contributed by atoms with van der Waals surface area (Å²) < 4.78 is 5.53. The molecule has 0 aliphatic heterocycles. The molecule has 180 valence electrons. The second-order valence-electron chi connectivity index (χ2n) is 9.10. The molecular weight excluding hydrogens is 466 g/mol. The Bertz CT molecular complexity index is 1260. The number of aromatic nitrogens is 1. The van der Waals surface area contributed by atoms with Gasteiger partial charge in [0.05, 0.1) is 12.1 Å². The molecule has 1 heterocycles. The molecule has 1 atom stereocenters. The second-order valence-corrected chi connectivity index (χ2v) is 9.96. The third-order valence-electron chi connectivity index (χ3n) is 6.68. The lowest BCUT2D eigenvalue weighted by Crippen LogP contribution is -2.54. The van der Waals surface area contributed by atoms with Gasteiger partial charge in [0.15, 0.2) is 5.13 Å². The zero-order valence-electron chi connectivity index (χ0n) is 19.1. The molecule has 1 unspecified atom stereocenters. The standard InChI is InChI=1S/C26H25N3O5S/c1-26(23(31)32,15-10-11-15)29-22(30)12-16-14-35-24(27-16)28-25(33)34-13-21-19-8-4-2-6-17(19)18-7-3-5-9-20(18)21/h2-9,14-15,21H,10-13H2,1H3,(H,29,30)(H,31,32)(H,27,28,33). The summed E-state index contributed by atoms with van der Waals surface area (Å²) >= 11 is 1.18. The van der Waals surface area contributed by atoms with Crippen LogP contribution in [0.25, 0.3) is 11.1 Å². The highest BCUT2D eigenvalue weighted by Gasteiger charge is 2.48. The Hall–Kier alpha value is -3.72. The van der Waals surface area contributed by atoms with Crippen molar-refractivity contribution in [3.05, 3.63) is 70.7 Å². The number of carboxylic acid groups (broad SMARTS) is 1. The summed E-state index contributed by atoms with van der Waals surface area (Å²) in [5.74, 6) is -1.55. The number of nitrogens with one attached hydrogen (secondary N) is 2. The van der Waals surface area contributed by atoms with Crippen LogP contribution in [-0.4, -0.2) is 40.2 Å². The lowest BCUT2D eigenvalue weighted by Gasteiger charge is -2.25. The molecule has 0 radical (unpaired) electrons. The van der Waals surface area contributed by atoms with E-state index in [0.29, 0.717) is 10.8 Å². The summed E-state index contributed by atoms with van der Waals surface area (Å²) in [7, 11) is 0. The van der Waals surface area contributed by atoms with Gasteiger partial charge in [-0.25, -0.2) is 14.6 Å². The zero-order chi connectivity index (χ0) is 24.6. The van der Waals surface area contributed by atoms with E-state index in [0.717, 1.165) is 35.1 Å². The first-order chi connectivity index (χ1) is 16.8. The molecule has 2 aromatic carbocycles. The monoisotopic (exact) mass is 491 g/mol. The Balaban J connectivity index is 1.17. The van der Waals surface area contributed by atoms with Crippen LogP contribution in [-0.2, 0) is 20.7 Å². The van der Waals surface area contributed by atoms with Gasteiger partial charge in [-0.2, -0.15) is 0 Å². The van der Waals surface area contributed by atoms with Crippen molar-refractivity contribution in [3.8, 4) is 11.1 Å².